The van der Waals surface area contributed by atoms with Gasteiger partial charge in [-0.25, -0.2) is 0 Å². The van der Waals surface area contributed by atoms with Crippen molar-refractivity contribution in [3.8, 4) is 0 Å². The lowest BCUT2D eigenvalue weighted by Crippen LogP contribution is -2.33. The molecule has 0 N–H and O–H groups in total. The highest BCUT2D eigenvalue weighted by atomic mass is 28.2. The number of rotatable bonds is 8. The summed E-state index contributed by atoms with van der Waals surface area (Å²) in [5.41, 5.74) is 0.263. The maximum Gasteiger partial charge on any atom is 0.159 e. The summed E-state index contributed by atoms with van der Waals surface area (Å²) in [6, 6.07) is 0. The lowest BCUT2D eigenvalue weighted by atomic mass is 9.88. The van der Waals surface area contributed by atoms with Gasteiger partial charge in [0.05, 0.1) is 5.60 Å². The molecular formula is C11H26OSi. The largest absolute Gasteiger partial charge is 0.419 e. The minimum atomic E-state index is -0.251. The van der Waals surface area contributed by atoms with Gasteiger partial charge in [-0.1, -0.05) is 46.6 Å². The van der Waals surface area contributed by atoms with E-state index in [1.54, 1.807) is 0 Å². The van der Waals surface area contributed by atoms with Crippen molar-refractivity contribution >= 4 is 9.76 Å². The van der Waals surface area contributed by atoms with Crippen LogP contribution in [-0.2, 0) is 4.43 Å². The van der Waals surface area contributed by atoms with Gasteiger partial charge in [-0.05, 0) is 19.3 Å². The molecule has 0 aromatic carbocycles. The normalized spacial score (nSPS) is 12.9. The lowest BCUT2D eigenvalue weighted by molar-refractivity contribution is 0.0436. The summed E-state index contributed by atoms with van der Waals surface area (Å²) >= 11 is 0. The molecule has 2 heteroatoms. The topological polar surface area (TPSA) is 9.23 Å². The van der Waals surface area contributed by atoms with Gasteiger partial charge in [0.25, 0.3) is 0 Å². The van der Waals surface area contributed by atoms with Crippen molar-refractivity contribution in [3.63, 3.8) is 0 Å². The van der Waals surface area contributed by atoms with Crippen molar-refractivity contribution in [1.29, 1.82) is 0 Å². The Labute approximate surface area is 86.2 Å². The van der Waals surface area contributed by atoms with Gasteiger partial charge >= 0.3 is 0 Å². The summed E-state index contributed by atoms with van der Waals surface area (Å²) in [5, 5.41) is 0. The molecule has 0 radical (unpaired) electrons. The van der Waals surface area contributed by atoms with Crippen molar-refractivity contribution in [1.82, 2.24) is 0 Å². The average molecular weight is 202 g/mol. The Balaban J connectivity index is 4.19. The van der Waals surface area contributed by atoms with Crippen LogP contribution >= 0.6 is 0 Å². The Hall–Kier alpha value is 0.177. The molecule has 0 saturated heterocycles. The molecule has 0 atom stereocenters. The van der Waals surface area contributed by atoms with Gasteiger partial charge in [0, 0.05) is 0 Å². The highest BCUT2D eigenvalue weighted by Crippen LogP contribution is 2.29. The zero-order chi connectivity index (χ0) is 10.2. The molecule has 0 aromatic rings. The molecule has 0 aromatic heterocycles. The van der Waals surface area contributed by atoms with Crippen molar-refractivity contribution < 1.29 is 4.43 Å². The molecule has 0 rings (SSSR count). The summed E-state index contributed by atoms with van der Waals surface area (Å²) in [6.07, 6.45) is 7.55. The third-order valence-corrected chi connectivity index (χ3v) is 3.47. The lowest BCUT2D eigenvalue weighted by Gasteiger charge is -2.34. The minimum Gasteiger partial charge on any atom is -0.419 e. The van der Waals surface area contributed by atoms with Gasteiger partial charge in [0.15, 0.2) is 9.76 Å². The van der Waals surface area contributed by atoms with Gasteiger partial charge in [-0.3, -0.25) is 0 Å². The summed E-state index contributed by atoms with van der Waals surface area (Å²) in [6.45, 7) is 9.04. The van der Waals surface area contributed by atoms with Gasteiger partial charge in [0.2, 0.25) is 0 Å². The first kappa shape index (κ1) is 13.2. The first-order valence-corrected chi connectivity index (χ1v) is 7.87. The highest BCUT2D eigenvalue weighted by molar-refractivity contribution is 6.25. The van der Waals surface area contributed by atoms with Crippen LogP contribution in [0.5, 0.6) is 0 Å². The SMILES string of the molecule is CCCC(CCC)(CCC)O[SiH2]C. The van der Waals surface area contributed by atoms with E-state index in [0.29, 0.717) is 0 Å². The van der Waals surface area contributed by atoms with E-state index in [1.165, 1.54) is 38.5 Å². The van der Waals surface area contributed by atoms with E-state index >= 15 is 0 Å². The molecule has 13 heavy (non-hydrogen) atoms. The van der Waals surface area contributed by atoms with Crippen LogP contribution in [0.2, 0.25) is 6.55 Å². The predicted molar refractivity (Wildman–Crippen MR) is 62.9 cm³/mol. The second-order valence-corrected chi connectivity index (χ2v) is 4.73. The molecule has 0 spiro atoms. The Morgan fingerprint density at radius 2 is 1.31 bits per heavy atom. The van der Waals surface area contributed by atoms with E-state index in [1.807, 2.05) is 0 Å². The third kappa shape index (κ3) is 4.82. The maximum atomic E-state index is 6.09. The molecule has 0 aliphatic rings. The van der Waals surface area contributed by atoms with Crippen LogP contribution in [0.3, 0.4) is 0 Å². The van der Waals surface area contributed by atoms with Crippen molar-refractivity contribution in [2.45, 2.75) is 71.4 Å². The Morgan fingerprint density at radius 1 is 0.923 bits per heavy atom. The first-order valence-electron chi connectivity index (χ1n) is 5.88. The molecule has 0 saturated carbocycles. The zero-order valence-electron chi connectivity index (χ0n) is 9.86. The van der Waals surface area contributed by atoms with Gasteiger partial charge in [0.1, 0.15) is 0 Å². The fraction of sp³-hybridized carbons (Fsp3) is 1.00. The fourth-order valence-corrected chi connectivity index (χ4v) is 3.31. The highest BCUT2D eigenvalue weighted by Gasteiger charge is 2.26. The Bertz CT molecular complexity index is 85.1. The summed E-state index contributed by atoms with van der Waals surface area (Å²) in [4.78, 5) is 0. The minimum absolute atomic E-state index is 0.251. The van der Waals surface area contributed by atoms with Crippen LogP contribution in [0, 0.1) is 0 Å². The van der Waals surface area contributed by atoms with Gasteiger partial charge < -0.3 is 4.43 Å². The van der Waals surface area contributed by atoms with E-state index in [9.17, 15) is 0 Å². The van der Waals surface area contributed by atoms with E-state index in [4.69, 9.17) is 4.43 Å². The quantitative estimate of drug-likeness (QED) is 0.549. The van der Waals surface area contributed by atoms with Crippen molar-refractivity contribution in [3.05, 3.63) is 0 Å². The Morgan fingerprint density at radius 3 is 1.54 bits per heavy atom. The summed E-state index contributed by atoms with van der Waals surface area (Å²) in [7, 11) is -0.251. The van der Waals surface area contributed by atoms with Gasteiger partial charge in [-0.15, -0.1) is 0 Å². The molecule has 0 heterocycles. The van der Waals surface area contributed by atoms with Crippen LogP contribution in [0.15, 0.2) is 0 Å². The molecule has 0 fully saturated rings. The zero-order valence-corrected chi connectivity index (χ0v) is 11.3. The van der Waals surface area contributed by atoms with E-state index < -0.39 is 0 Å². The fourth-order valence-electron chi connectivity index (χ4n) is 2.26. The summed E-state index contributed by atoms with van der Waals surface area (Å²) in [5.74, 6) is 0. The van der Waals surface area contributed by atoms with Crippen LogP contribution in [0.1, 0.15) is 59.3 Å². The van der Waals surface area contributed by atoms with E-state index in [2.05, 4.69) is 27.3 Å². The van der Waals surface area contributed by atoms with Crippen LogP contribution < -0.4 is 0 Å². The number of hydrogen-bond donors (Lipinski definition) is 0. The van der Waals surface area contributed by atoms with Crippen LogP contribution in [0.4, 0.5) is 0 Å². The maximum absolute atomic E-state index is 6.09. The molecular weight excluding hydrogens is 176 g/mol. The molecule has 0 bridgehead atoms. The van der Waals surface area contributed by atoms with Crippen LogP contribution in [0.25, 0.3) is 0 Å². The first-order chi connectivity index (χ1) is 6.24. The standard InChI is InChI=1S/C11H26OSi/c1-5-8-11(9-6-2,10-7-3)12-13-4/h5-10,13H2,1-4H3. The second-order valence-electron chi connectivity index (χ2n) is 3.87. The van der Waals surface area contributed by atoms with E-state index in [0.717, 1.165) is 0 Å². The monoisotopic (exact) mass is 202 g/mol. The van der Waals surface area contributed by atoms with Crippen molar-refractivity contribution in [2.24, 2.45) is 0 Å². The predicted octanol–water partition coefficient (Wildman–Crippen LogP) is 3.27. The molecule has 0 amide bonds. The van der Waals surface area contributed by atoms with Crippen molar-refractivity contribution in [2.75, 3.05) is 0 Å². The second kappa shape index (κ2) is 7.57. The van der Waals surface area contributed by atoms with Gasteiger partial charge in [-0.2, -0.15) is 0 Å². The third-order valence-electron chi connectivity index (χ3n) is 2.57. The molecule has 0 aliphatic heterocycles. The molecule has 0 aliphatic carbocycles. The Kier molecular flexibility index (Phi) is 7.67. The molecule has 1 nitrogen and oxygen atoms in total. The van der Waals surface area contributed by atoms with E-state index in [-0.39, 0.29) is 15.4 Å². The van der Waals surface area contributed by atoms with Crippen LogP contribution in [-0.4, -0.2) is 15.4 Å². The average Bonchev–Trinajstić information content (AvgIpc) is 2.06. The number of hydrogen-bond acceptors (Lipinski definition) is 1. The summed E-state index contributed by atoms with van der Waals surface area (Å²) < 4.78 is 6.09. The molecule has 0 unspecified atom stereocenters. The smallest absolute Gasteiger partial charge is 0.159 e. The molecule has 80 valence electrons.